The number of amides is 1. The van der Waals surface area contributed by atoms with Crippen LogP contribution in [0.25, 0.3) is 27.9 Å². The number of carboxylic acid groups (broad SMARTS) is 1. The number of nitrogens with zero attached hydrogens (tertiary/aromatic N) is 6. The van der Waals surface area contributed by atoms with Crippen LogP contribution < -0.4 is 4.90 Å². The predicted octanol–water partition coefficient (Wildman–Crippen LogP) is 4.11. The van der Waals surface area contributed by atoms with E-state index in [9.17, 15) is 18.7 Å². The molecule has 8 nitrogen and oxygen atoms in total. The van der Waals surface area contributed by atoms with Crippen LogP contribution in [0.15, 0.2) is 36.7 Å². The molecule has 1 fully saturated rings. The standard InChI is InChI=1S/C23H22F2N6O2/c1-12-9-29(10-13(2)31(12)23(32)33)17-4-5-19-15(6-17)8-26-21(28-19)16-7-18(24)22-27-14(3)20(25)30(22)11-16/h4-8,11-13H,9-10H2,1-3H3,(H,32,33)/t12-,13+. The van der Waals surface area contributed by atoms with Crippen molar-refractivity contribution in [3.63, 3.8) is 0 Å². The molecule has 0 aliphatic carbocycles. The van der Waals surface area contributed by atoms with Gasteiger partial charge in [0.05, 0.1) is 23.3 Å². The molecule has 4 aromatic rings. The number of halogens is 2. The van der Waals surface area contributed by atoms with E-state index in [2.05, 4.69) is 19.9 Å². The third-order valence-electron chi connectivity index (χ3n) is 6.10. The molecule has 2 atom stereocenters. The number of aryl methyl sites for hydroxylation is 1. The first kappa shape index (κ1) is 21.0. The first-order valence-electron chi connectivity index (χ1n) is 10.6. The van der Waals surface area contributed by atoms with Crippen LogP contribution in [-0.2, 0) is 0 Å². The average Bonchev–Trinajstić information content (AvgIpc) is 3.06. The zero-order chi connectivity index (χ0) is 23.4. The van der Waals surface area contributed by atoms with E-state index >= 15 is 0 Å². The summed E-state index contributed by atoms with van der Waals surface area (Å²) in [5, 5.41) is 10.2. The maximum Gasteiger partial charge on any atom is 0.407 e. The van der Waals surface area contributed by atoms with Crippen LogP contribution in [0.3, 0.4) is 0 Å². The molecule has 1 saturated heterocycles. The Kier molecular flexibility index (Phi) is 4.88. The van der Waals surface area contributed by atoms with Crippen molar-refractivity contribution in [1.29, 1.82) is 0 Å². The number of pyridine rings is 1. The van der Waals surface area contributed by atoms with Gasteiger partial charge in [-0.25, -0.2) is 24.1 Å². The van der Waals surface area contributed by atoms with E-state index in [4.69, 9.17) is 0 Å². The highest BCUT2D eigenvalue weighted by atomic mass is 19.1. The molecule has 1 aliphatic rings. The number of aromatic nitrogens is 4. The summed E-state index contributed by atoms with van der Waals surface area (Å²) < 4.78 is 29.8. The highest BCUT2D eigenvalue weighted by molar-refractivity contribution is 5.83. The zero-order valence-corrected chi connectivity index (χ0v) is 18.3. The molecule has 0 spiro atoms. The molecule has 0 bridgehead atoms. The predicted molar refractivity (Wildman–Crippen MR) is 119 cm³/mol. The third kappa shape index (κ3) is 3.51. The molecule has 5 rings (SSSR count). The second-order valence-corrected chi connectivity index (χ2v) is 8.49. The summed E-state index contributed by atoms with van der Waals surface area (Å²) in [6, 6.07) is 6.71. The molecule has 10 heteroatoms. The maximum atomic E-state index is 14.5. The Morgan fingerprint density at radius 3 is 2.55 bits per heavy atom. The molecule has 33 heavy (non-hydrogen) atoms. The van der Waals surface area contributed by atoms with E-state index in [-0.39, 0.29) is 29.2 Å². The van der Waals surface area contributed by atoms with Gasteiger partial charge in [0.15, 0.2) is 17.3 Å². The van der Waals surface area contributed by atoms with Crippen LogP contribution in [0.5, 0.6) is 0 Å². The van der Waals surface area contributed by atoms with E-state index in [1.165, 1.54) is 24.1 Å². The van der Waals surface area contributed by atoms with Crippen molar-refractivity contribution in [2.75, 3.05) is 18.0 Å². The largest absolute Gasteiger partial charge is 0.465 e. The van der Waals surface area contributed by atoms with E-state index in [1.54, 1.807) is 6.20 Å². The fourth-order valence-corrected chi connectivity index (χ4v) is 4.58. The van der Waals surface area contributed by atoms with Crippen LogP contribution in [0.4, 0.5) is 19.3 Å². The lowest BCUT2D eigenvalue weighted by molar-refractivity contribution is 0.0983. The second-order valence-electron chi connectivity index (χ2n) is 8.49. The molecule has 3 aromatic heterocycles. The minimum absolute atomic E-state index is 0.0781. The first-order chi connectivity index (χ1) is 15.7. The lowest BCUT2D eigenvalue weighted by atomic mass is 10.1. The Hall–Kier alpha value is -3.82. The van der Waals surface area contributed by atoms with Gasteiger partial charge in [-0.05, 0) is 45.0 Å². The monoisotopic (exact) mass is 452 g/mol. The first-order valence-corrected chi connectivity index (χ1v) is 10.6. The smallest absolute Gasteiger partial charge is 0.407 e. The van der Waals surface area contributed by atoms with Crippen molar-refractivity contribution in [2.24, 2.45) is 0 Å². The van der Waals surface area contributed by atoms with Crippen LogP contribution in [0.2, 0.25) is 0 Å². The number of fused-ring (bicyclic) bond motifs is 2. The van der Waals surface area contributed by atoms with E-state index in [0.717, 1.165) is 15.5 Å². The second kappa shape index (κ2) is 7.65. The molecule has 170 valence electrons. The fourth-order valence-electron chi connectivity index (χ4n) is 4.58. The lowest BCUT2D eigenvalue weighted by Crippen LogP contribution is -2.58. The molecule has 1 aliphatic heterocycles. The number of benzene rings is 1. The molecule has 1 amide bonds. The summed E-state index contributed by atoms with van der Waals surface area (Å²) in [5.74, 6) is -0.996. The Labute approximate surface area is 188 Å². The number of rotatable bonds is 2. The van der Waals surface area contributed by atoms with Crippen molar-refractivity contribution in [3.8, 4) is 11.4 Å². The zero-order valence-electron chi connectivity index (χ0n) is 18.3. The Balaban J connectivity index is 1.47. The summed E-state index contributed by atoms with van der Waals surface area (Å²) in [6.07, 6.45) is 2.18. The van der Waals surface area contributed by atoms with Crippen molar-refractivity contribution in [3.05, 3.63) is 54.1 Å². The highest BCUT2D eigenvalue weighted by Gasteiger charge is 2.32. The number of hydrogen-bond donors (Lipinski definition) is 1. The fraction of sp³-hybridized carbons (Fsp3) is 0.304. The van der Waals surface area contributed by atoms with Gasteiger partial charge in [-0.2, -0.15) is 4.39 Å². The molecular weight excluding hydrogens is 430 g/mol. The van der Waals surface area contributed by atoms with Gasteiger partial charge in [0.25, 0.3) is 0 Å². The number of carbonyl (C=O) groups is 1. The average molecular weight is 452 g/mol. The number of anilines is 1. The van der Waals surface area contributed by atoms with Crippen LogP contribution in [0, 0.1) is 18.7 Å². The van der Waals surface area contributed by atoms with Gasteiger partial charge in [-0.15, -0.1) is 0 Å². The molecule has 0 saturated carbocycles. The van der Waals surface area contributed by atoms with E-state index < -0.39 is 17.9 Å². The molecule has 4 heterocycles. The topological polar surface area (TPSA) is 86.9 Å². The molecule has 0 unspecified atom stereocenters. The van der Waals surface area contributed by atoms with Crippen LogP contribution in [-0.4, -0.2) is 60.6 Å². The van der Waals surface area contributed by atoms with Crippen molar-refractivity contribution in [2.45, 2.75) is 32.9 Å². The molecular formula is C23H22F2N6O2. The maximum absolute atomic E-state index is 14.5. The summed E-state index contributed by atoms with van der Waals surface area (Å²) in [5.41, 5.74) is 1.99. The Morgan fingerprint density at radius 2 is 1.85 bits per heavy atom. The van der Waals surface area contributed by atoms with Gasteiger partial charge in [0.2, 0.25) is 5.95 Å². The van der Waals surface area contributed by atoms with Crippen molar-refractivity contribution in [1.82, 2.24) is 24.3 Å². The number of piperazine rings is 1. The third-order valence-corrected chi connectivity index (χ3v) is 6.10. The van der Waals surface area contributed by atoms with Crippen LogP contribution >= 0.6 is 0 Å². The van der Waals surface area contributed by atoms with Gasteiger partial charge in [-0.1, -0.05) is 0 Å². The SMILES string of the molecule is Cc1nc2c(F)cc(-c3ncc4cc(N5C[C@@H](C)N(C(=O)O)[C@@H](C)C5)ccc4n3)cn2c1F. The van der Waals surface area contributed by atoms with Crippen LogP contribution in [0.1, 0.15) is 19.5 Å². The summed E-state index contributed by atoms with van der Waals surface area (Å²) in [7, 11) is 0. The van der Waals surface area contributed by atoms with E-state index in [1.807, 2.05) is 32.0 Å². The minimum atomic E-state index is -0.908. The van der Waals surface area contributed by atoms with Crippen molar-refractivity contribution < 1.29 is 18.7 Å². The van der Waals surface area contributed by atoms with Gasteiger partial charge < -0.3 is 10.0 Å². The molecule has 1 N–H and O–H groups in total. The quantitative estimate of drug-likeness (QED) is 0.493. The summed E-state index contributed by atoms with van der Waals surface area (Å²) in [4.78, 5) is 28.0. The summed E-state index contributed by atoms with van der Waals surface area (Å²) >= 11 is 0. The lowest BCUT2D eigenvalue weighted by Gasteiger charge is -2.43. The number of imidazole rings is 1. The van der Waals surface area contributed by atoms with Gasteiger partial charge in [0.1, 0.15) is 0 Å². The Bertz CT molecular complexity index is 1390. The van der Waals surface area contributed by atoms with Crippen molar-refractivity contribution >= 4 is 28.3 Å². The normalized spacial score (nSPS) is 18.9. The van der Waals surface area contributed by atoms with Gasteiger partial charge in [0, 0.05) is 42.1 Å². The molecule has 1 aromatic carbocycles. The van der Waals surface area contributed by atoms with Gasteiger partial charge >= 0.3 is 6.09 Å². The van der Waals surface area contributed by atoms with Gasteiger partial charge in [-0.3, -0.25) is 9.30 Å². The minimum Gasteiger partial charge on any atom is -0.465 e. The highest BCUT2D eigenvalue weighted by Crippen LogP contribution is 2.27. The number of hydrogen-bond acceptors (Lipinski definition) is 5. The molecule has 0 radical (unpaired) electrons. The Morgan fingerprint density at radius 1 is 1.12 bits per heavy atom. The van der Waals surface area contributed by atoms with E-state index in [0.29, 0.717) is 24.2 Å². The summed E-state index contributed by atoms with van der Waals surface area (Å²) in [6.45, 7) is 6.43.